The number of thioether (sulfide) groups is 1. The molecular weight excluding hydrogens is 837 g/mol. The van der Waals surface area contributed by atoms with Crippen LogP contribution < -0.4 is 0 Å². The van der Waals surface area contributed by atoms with Crippen LogP contribution in [0.4, 0.5) is 0 Å². The van der Waals surface area contributed by atoms with E-state index in [-0.39, 0.29) is 0 Å². The summed E-state index contributed by atoms with van der Waals surface area (Å²) in [7, 11) is 0. The Labute approximate surface area is 389 Å². The first-order valence-corrected chi connectivity index (χ1v) is 23.5. The van der Waals surface area contributed by atoms with Gasteiger partial charge in [0.1, 0.15) is 22.3 Å². The molecule has 5 heteroatoms. The van der Waals surface area contributed by atoms with Gasteiger partial charge in [0.25, 0.3) is 0 Å². The van der Waals surface area contributed by atoms with Crippen molar-refractivity contribution in [3.05, 3.63) is 224 Å². The molecule has 0 saturated heterocycles. The zero-order valence-electron chi connectivity index (χ0n) is 36.1. The molecule has 0 aliphatic heterocycles. The largest absolute Gasteiger partial charge is 0.456 e. The SMILES string of the molecule is C=CSc1cccc(-c2ccc3c4ccccc4n(-c4ccc5oc6ccc(-c7ccc8oc9ccc(-n%10c%11ccccc%11c%11ccc(-c%12ccccc%12)cc%11%10)cc9c8c7)cc6c5c4)c3c2)c1. The highest BCUT2D eigenvalue weighted by Gasteiger charge is 2.19. The van der Waals surface area contributed by atoms with E-state index in [1.54, 1.807) is 11.8 Å². The Morgan fingerprint density at radius 1 is 0.313 bits per heavy atom. The highest BCUT2D eigenvalue weighted by molar-refractivity contribution is 8.02. The summed E-state index contributed by atoms with van der Waals surface area (Å²) in [6.07, 6.45) is 0. The first kappa shape index (κ1) is 37.8. The van der Waals surface area contributed by atoms with Gasteiger partial charge in [-0.2, -0.15) is 0 Å². The zero-order valence-corrected chi connectivity index (χ0v) is 36.9. The molecular formula is C62H38N2O2S. The lowest BCUT2D eigenvalue weighted by molar-refractivity contribution is 0.668. The van der Waals surface area contributed by atoms with E-state index in [9.17, 15) is 0 Å². The summed E-state index contributed by atoms with van der Waals surface area (Å²) in [5, 5.41) is 11.1. The molecule has 10 aromatic carbocycles. The minimum absolute atomic E-state index is 0.860. The molecule has 0 bridgehead atoms. The zero-order chi connectivity index (χ0) is 44.2. The standard InChI is InChI=1S/C62H38N2O2S/c1-2-67-46-14-10-13-39(31-46)43-20-26-50-48-16-7-9-18-56(48)64(58(50)35-43)45-24-30-62-54(37-45)52-33-41(22-28-60(52)66-62)40-21-27-59-51(32-40)53-36-44(23-29-61(53)65-59)63-55-17-8-6-15-47(55)49-25-19-42(34-57(49)63)38-11-4-3-5-12-38/h2-37H,1H2. The maximum absolute atomic E-state index is 6.52. The van der Waals surface area contributed by atoms with Crippen LogP contribution in [0.1, 0.15) is 0 Å². The summed E-state index contributed by atoms with van der Waals surface area (Å²) in [4.78, 5) is 1.17. The van der Waals surface area contributed by atoms with Gasteiger partial charge in [-0.3, -0.25) is 0 Å². The number of hydrogen-bond acceptors (Lipinski definition) is 3. The van der Waals surface area contributed by atoms with E-state index < -0.39 is 0 Å². The number of hydrogen-bond donors (Lipinski definition) is 0. The average Bonchev–Trinajstić information content (AvgIpc) is 4.13. The molecule has 314 valence electrons. The number of nitrogens with zero attached hydrogens (tertiary/aromatic N) is 2. The van der Waals surface area contributed by atoms with Gasteiger partial charge in [-0.05, 0) is 136 Å². The third-order valence-electron chi connectivity index (χ3n) is 13.6. The fourth-order valence-corrected chi connectivity index (χ4v) is 11.0. The van der Waals surface area contributed by atoms with Crippen molar-refractivity contribution in [3.63, 3.8) is 0 Å². The summed E-state index contributed by atoms with van der Waals surface area (Å²) >= 11 is 1.64. The Hall–Kier alpha value is -8.51. The number of benzene rings is 10. The molecule has 67 heavy (non-hydrogen) atoms. The predicted octanol–water partition coefficient (Wildman–Crippen LogP) is 17.9. The molecule has 0 aliphatic rings. The molecule has 0 saturated carbocycles. The van der Waals surface area contributed by atoms with E-state index in [2.05, 4.69) is 228 Å². The Bertz CT molecular complexity index is 4340. The normalized spacial score (nSPS) is 12.0. The van der Waals surface area contributed by atoms with Gasteiger partial charge in [-0.1, -0.05) is 134 Å². The Balaban J connectivity index is 0.890. The first-order valence-electron chi connectivity index (χ1n) is 22.6. The molecule has 0 amide bonds. The van der Waals surface area contributed by atoms with Gasteiger partial charge in [0.05, 0.1) is 22.1 Å². The summed E-state index contributed by atoms with van der Waals surface area (Å²) in [5.74, 6) is 0. The molecule has 4 heterocycles. The van der Waals surface area contributed by atoms with Crippen molar-refractivity contribution in [3.8, 4) is 44.8 Å². The second-order valence-corrected chi connectivity index (χ2v) is 18.4. The molecule has 4 nitrogen and oxygen atoms in total. The molecule has 14 rings (SSSR count). The highest BCUT2D eigenvalue weighted by Crippen LogP contribution is 2.41. The highest BCUT2D eigenvalue weighted by atomic mass is 32.2. The van der Waals surface area contributed by atoms with Crippen LogP contribution in [0, 0.1) is 0 Å². The monoisotopic (exact) mass is 874 g/mol. The van der Waals surface area contributed by atoms with Gasteiger partial charge in [0, 0.05) is 59.4 Å². The van der Waals surface area contributed by atoms with Gasteiger partial charge >= 0.3 is 0 Å². The van der Waals surface area contributed by atoms with Crippen molar-refractivity contribution in [1.29, 1.82) is 0 Å². The van der Waals surface area contributed by atoms with Crippen molar-refractivity contribution < 1.29 is 8.83 Å². The topological polar surface area (TPSA) is 36.1 Å². The molecule has 0 N–H and O–H groups in total. The third kappa shape index (κ3) is 5.95. The van der Waals surface area contributed by atoms with E-state index in [1.807, 2.05) is 5.41 Å². The predicted molar refractivity (Wildman–Crippen MR) is 282 cm³/mol. The molecule has 0 atom stereocenters. The van der Waals surface area contributed by atoms with E-state index in [1.165, 1.54) is 59.7 Å². The molecule has 0 spiro atoms. The van der Waals surface area contributed by atoms with Crippen LogP contribution in [0.25, 0.3) is 132 Å². The minimum Gasteiger partial charge on any atom is -0.456 e. The van der Waals surface area contributed by atoms with Crippen molar-refractivity contribution in [2.75, 3.05) is 0 Å². The quantitative estimate of drug-likeness (QED) is 0.150. The van der Waals surface area contributed by atoms with Crippen molar-refractivity contribution in [2.45, 2.75) is 4.90 Å². The van der Waals surface area contributed by atoms with Gasteiger partial charge < -0.3 is 18.0 Å². The molecule has 0 radical (unpaired) electrons. The molecule has 4 aromatic heterocycles. The fourth-order valence-electron chi connectivity index (χ4n) is 10.5. The van der Waals surface area contributed by atoms with Crippen molar-refractivity contribution in [2.24, 2.45) is 0 Å². The van der Waals surface area contributed by atoms with Crippen molar-refractivity contribution >= 4 is 99.3 Å². The number of aromatic nitrogens is 2. The van der Waals surface area contributed by atoms with Crippen LogP contribution in [0.5, 0.6) is 0 Å². The lowest BCUT2D eigenvalue weighted by atomic mass is 10.0. The van der Waals surface area contributed by atoms with Crippen LogP contribution in [-0.2, 0) is 0 Å². The van der Waals surface area contributed by atoms with E-state index in [0.717, 1.165) is 77.4 Å². The lowest BCUT2D eigenvalue weighted by Crippen LogP contribution is -1.93. The van der Waals surface area contributed by atoms with Crippen LogP contribution in [-0.4, -0.2) is 9.13 Å². The lowest BCUT2D eigenvalue weighted by Gasteiger charge is -2.10. The minimum atomic E-state index is 0.860. The fraction of sp³-hybridized carbons (Fsp3) is 0. The number of rotatable bonds is 7. The third-order valence-corrected chi connectivity index (χ3v) is 14.3. The van der Waals surface area contributed by atoms with Gasteiger partial charge in [-0.15, -0.1) is 0 Å². The van der Waals surface area contributed by atoms with Gasteiger partial charge in [0.15, 0.2) is 0 Å². The van der Waals surface area contributed by atoms with Gasteiger partial charge in [0.2, 0.25) is 0 Å². The van der Waals surface area contributed by atoms with Crippen LogP contribution in [0.3, 0.4) is 0 Å². The molecule has 0 aliphatic carbocycles. The number of para-hydroxylation sites is 2. The summed E-state index contributed by atoms with van der Waals surface area (Å²) in [5.41, 5.74) is 17.3. The van der Waals surface area contributed by atoms with Crippen LogP contribution in [0.2, 0.25) is 0 Å². The Kier molecular flexibility index (Phi) is 8.33. The van der Waals surface area contributed by atoms with Crippen molar-refractivity contribution in [1.82, 2.24) is 9.13 Å². The first-order chi connectivity index (χ1) is 33.1. The maximum Gasteiger partial charge on any atom is 0.135 e. The molecule has 14 aromatic rings. The van der Waals surface area contributed by atoms with Crippen LogP contribution >= 0.6 is 11.8 Å². The van der Waals surface area contributed by atoms with Gasteiger partial charge in [-0.25, -0.2) is 0 Å². The second-order valence-electron chi connectivity index (χ2n) is 17.3. The van der Waals surface area contributed by atoms with E-state index in [0.29, 0.717) is 0 Å². The summed E-state index contributed by atoms with van der Waals surface area (Å²) in [6.45, 7) is 3.93. The number of furan rings is 2. The smallest absolute Gasteiger partial charge is 0.135 e. The molecule has 0 unspecified atom stereocenters. The Morgan fingerprint density at radius 2 is 0.731 bits per heavy atom. The second kappa shape index (κ2) is 14.8. The maximum atomic E-state index is 6.52. The Morgan fingerprint density at radius 3 is 1.28 bits per heavy atom. The summed E-state index contributed by atoms with van der Waals surface area (Å²) < 4.78 is 17.8. The molecule has 0 fully saturated rings. The number of fused-ring (bicyclic) bond motifs is 12. The van der Waals surface area contributed by atoms with E-state index >= 15 is 0 Å². The summed E-state index contributed by atoms with van der Waals surface area (Å²) in [6, 6.07) is 76.6. The average molecular weight is 875 g/mol. The van der Waals surface area contributed by atoms with Crippen LogP contribution in [0.15, 0.2) is 238 Å². The van der Waals surface area contributed by atoms with E-state index in [4.69, 9.17) is 8.83 Å².